The number of benzene rings is 2. The van der Waals surface area contributed by atoms with Gasteiger partial charge in [0.05, 0.1) is 22.8 Å². The van der Waals surface area contributed by atoms with Gasteiger partial charge < -0.3 is 0 Å². The Hall–Kier alpha value is -1.96. The van der Waals surface area contributed by atoms with Gasteiger partial charge in [-0.05, 0) is 58.7 Å². The molecule has 7 heteroatoms. The van der Waals surface area contributed by atoms with Crippen LogP contribution in [0.25, 0.3) is 5.69 Å². The van der Waals surface area contributed by atoms with E-state index in [4.69, 9.17) is 0 Å². The third-order valence-corrected chi connectivity index (χ3v) is 5.86. The first kappa shape index (κ1) is 16.9. The second-order valence-electron chi connectivity index (χ2n) is 5.35. The van der Waals surface area contributed by atoms with Crippen LogP contribution in [0.4, 0.5) is 0 Å². The van der Waals surface area contributed by atoms with Crippen LogP contribution in [0.3, 0.4) is 0 Å². The highest BCUT2D eigenvalue weighted by Gasteiger charge is 2.17. The minimum Gasteiger partial charge on any atom is -0.241 e. The van der Waals surface area contributed by atoms with Crippen molar-refractivity contribution < 1.29 is 8.42 Å². The number of halogens is 1. The van der Waals surface area contributed by atoms with E-state index in [0.29, 0.717) is 10.2 Å². The van der Waals surface area contributed by atoms with Gasteiger partial charge in [-0.3, -0.25) is 0 Å². The summed E-state index contributed by atoms with van der Waals surface area (Å²) in [6.45, 7) is 2.04. The number of hydrogen-bond acceptors (Lipinski definition) is 3. The highest BCUT2D eigenvalue weighted by Crippen LogP contribution is 2.23. The molecule has 1 aromatic heterocycles. The van der Waals surface area contributed by atoms with Gasteiger partial charge in [0.25, 0.3) is 0 Å². The van der Waals surface area contributed by atoms with Gasteiger partial charge >= 0.3 is 0 Å². The molecule has 124 valence electrons. The fourth-order valence-electron chi connectivity index (χ4n) is 2.25. The van der Waals surface area contributed by atoms with Crippen molar-refractivity contribution in [3.05, 3.63) is 76.5 Å². The Morgan fingerprint density at radius 1 is 1.12 bits per heavy atom. The standard InChI is InChI=1S/C17H16BrN3O2S/c1-13-7-8-17(16(18)11-13)24(22,23)19-12-14-9-10-21(20-14)15-5-3-2-4-6-15/h2-11,19H,12H2,1H3. The lowest BCUT2D eigenvalue weighted by molar-refractivity contribution is 0.579. The summed E-state index contributed by atoms with van der Waals surface area (Å²) < 4.78 is 29.7. The quantitative estimate of drug-likeness (QED) is 0.706. The number of para-hydroxylation sites is 1. The molecule has 0 aliphatic rings. The second kappa shape index (κ2) is 6.88. The zero-order valence-electron chi connectivity index (χ0n) is 13.0. The molecule has 0 unspecified atom stereocenters. The largest absolute Gasteiger partial charge is 0.242 e. The number of rotatable bonds is 5. The van der Waals surface area contributed by atoms with Gasteiger partial charge in [-0.1, -0.05) is 24.3 Å². The van der Waals surface area contributed by atoms with Gasteiger partial charge in [0.15, 0.2) is 0 Å². The fourth-order valence-corrected chi connectivity index (χ4v) is 4.44. The minimum absolute atomic E-state index is 0.127. The topological polar surface area (TPSA) is 64.0 Å². The van der Waals surface area contributed by atoms with Crippen molar-refractivity contribution in [3.63, 3.8) is 0 Å². The van der Waals surface area contributed by atoms with E-state index in [2.05, 4.69) is 25.8 Å². The van der Waals surface area contributed by atoms with Crippen molar-refractivity contribution in [1.82, 2.24) is 14.5 Å². The molecular weight excluding hydrogens is 390 g/mol. The van der Waals surface area contributed by atoms with Crippen LogP contribution in [0.5, 0.6) is 0 Å². The molecule has 2 aromatic carbocycles. The van der Waals surface area contributed by atoms with Crippen molar-refractivity contribution in [2.24, 2.45) is 0 Å². The summed E-state index contributed by atoms with van der Waals surface area (Å²) >= 11 is 3.30. The lowest BCUT2D eigenvalue weighted by Crippen LogP contribution is -2.24. The zero-order valence-corrected chi connectivity index (χ0v) is 15.4. The van der Waals surface area contributed by atoms with Crippen LogP contribution in [-0.4, -0.2) is 18.2 Å². The zero-order chi connectivity index (χ0) is 17.2. The second-order valence-corrected chi connectivity index (χ2v) is 7.94. The lowest BCUT2D eigenvalue weighted by Gasteiger charge is -2.08. The van der Waals surface area contributed by atoms with Crippen molar-refractivity contribution in [2.45, 2.75) is 18.4 Å². The van der Waals surface area contributed by atoms with E-state index < -0.39 is 10.0 Å². The molecule has 1 heterocycles. The third kappa shape index (κ3) is 3.75. The smallest absolute Gasteiger partial charge is 0.241 e. The molecule has 0 amide bonds. The molecule has 0 aliphatic carbocycles. The summed E-state index contributed by atoms with van der Waals surface area (Å²) in [6, 6.07) is 16.6. The predicted octanol–water partition coefficient (Wildman–Crippen LogP) is 3.42. The van der Waals surface area contributed by atoms with Crippen LogP contribution in [-0.2, 0) is 16.6 Å². The Bertz CT molecular complexity index is 953. The van der Waals surface area contributed by atoms with Gasteiger partial charge in [0, 0.05) is 10.7 Å². The average molecular weight is 406 g/mol. The number of nitrogens with one attached hydrogen (secondary N) is 1. The third-order valence-electron chi connectivity index (χ3n) is 3.49. The first-order valence-electron chi connectivity index (χ1n) is 7.31. The molecule has 0 radical (unpaired) electrons. The number of aryl methyl sites for hydroxylation is 1. The van der Waals surface area contributed by atoms with Crippen LogP contribution >= 0.6 is 15.9 Å². The fraction of sp³-hybridized carbons (Fsp3) is 0.118. The number of hydrogen-bond donors (Lipinski definition) is 1. The summed E-state index contributed by atoms with van der Waals surface area (Å²) in [4.78, 5) is 0.218. The van der Waals surface area contributed by atoms with Crippen LogP contribution in [0.2, 0.25) is 0 Å². The molecule has 0 aliphatic heterocycles. The van der Waals surface area contributed by atoms with Gasteiger partial charge in [-0.2, -0.15) is 5.10 Å². The summed E-state index contributed by atoms with van der Waals surface area (Å²) in [5.74, 6) is 0. The molecule has 0 spiro atoms. The summed E-state index contributed by atoms with van der Waals surface area (Å²) in [5.41, 5.74) is 2.56. The van der Waals surface area contributed by atoms with E-state index in [-0.39, 0.29) is 11.4 Å². The molecule has 0 atom stereocenters. The first-order chi connectivity index (χ1) is 11.5. The first-order valence-corrected chi connectivity index (χ1v) is 9.59. The maximum atomic E-state index is 12.4. The predicted molar refractivity (Wildman–Crippen MR) is 96.5 cm³/mol. The van der Waals surface area contributed by atoms with Crippen molar-refractivity contribution in [2.75, 3.05) is 0 Å². The number of aromatic nitrogens is 2. The number of sulfonamides is 1. The van der Waals surface area contributed by atoms with E-state index in [1.165, 1.54) is 0 Å². The average Bonchev–Trinajstić information content (AvgIpc) is 3.02. The van der Waals surface area contributed by atoms with Crippen molar-refractivity contribution >= 4 is 26.0 Å². The molecule has 3 rings (SSSR count). The molecule has 1 N–H and O–H groups in total. The van der Waals surface area contributed by atoms with Crippen LogP contribution in [0.15, 0.2) is 70.2 Å². The monoisotopic (exact) mass is 405 g/mol. The van der Waals surface area contributed by atoms with E-state index >= 15 is 0 Å². The lowest BCUT2D eigenvalue weighted by atomic mass is 10.2. The molecule has 0 bridgehead atoms. The van der Waals surface area contributed by atoms with Gasteiger partial charge in [-0.25, -0.2) is 17.8 Å². The minimum atomic E-state index is -3.61. The molecule has 24 heavy (non-hydrogen) atoms. The highest BCUT2D eigenvalue weighted by molar-refractivity contribution is 9.10. The summed E-state index contributed by atoms with van der Waals surface area (Å²) in [5, 5.41) is 4.39. The van der Waals surface area contributed by atoms with E-state index in [9.17, 15) is 8.42 Å². The Balaban J connectivity index is 1.75. The van der Waals surface area contributed by atoms with Crippen LogP contribution < -0.4 is 4.72 Å². The normalized spacial score (nSPS) is 11.6. The maximum Gasteiger partial charge on any atom is 0.242 e. The maximum absolute atomic E-state index is 12.4. The molecule has 5 nitrogen and oxygen atoms in total. The molecule has 0 saturated heterocycles. The Kier molecular flexibility index (Phi) is 4.84. The Morgan fingerprint density at radius 2 is 1.88 bits per heavy atom. The molecular formula is C17H16BrN3O2S. The van der Waals surface area contributed by atoms with Crippen molar-refractivity contribution in [1.29, 1.82) is 0 Å². The highest BCUT2D eigenvalue weighted by atomic mass is 79.9. The van der Waals surface area contributed by atoms with Crippen molar-refractivity contribution in [3.8, 4) is 5.69 Å². The summed E-state index contributed by atoms with van der Waals surface area (Å²) in [6.07, 6.45) is 1.81. The van der Waals surface area contributed by atoms with Gasteiger partial charge in [-0.15, -0.1) is 0 Å². The SMILES string of the molecule is Cc1ccc(S(=O)(=O)NCc2ccn(-c3ccccc3)n2)c(Br)c1. The van der Waals surface area contributed by atoms with E-state index in [0.717, 1.165) is 11.3 Å². The van der Waals surface area contributed by atoms with E-state index in [1.54, 1.807) is 35.1 Å². The Labute approximate surface area is 149 Å². The summed E-state index contributed by atoms with van der Waals surface area (Å²) in [7, 11) is -3.61. The molecule has 3 aromatic rings. The van der Waals surface area contributed by atoms with Crippen LogP contribution in [0.1, 0.15) is 11.3 Å². The Morgan fingerprint density at radius 3 is 2.58 bits per heavy atom. The van der Waals surface area contributed by atoms with Crippen LogP contribution in [0, 0.1) is 6.92 Å². The van der Waals surface area contributed by atoms with E-state index in [1.807, 2.05) is 37.3 Å². The van der Waals surface area contributed by atoms with Gasteiger partial charge in [0.2, 0.25) is 10.0 Å². The molecule has 0 fully saturated rings. The molecule has 0 saturated carbocycles. The number of nitrogens with zero attached hydrogens (tertiary/aromatic N) is 2. The van der Waals surface area contributed by atoms with Gasteiger partial charge in [0.1, 0.15) is 0 Å².